The molecule has 0 radical (unpaired) electrons. The molecule has 0 aliphatic rings. The third-order valence-corrected chi connectivity index (χ3v) is 3.94. The molecule has 0 aliphatic heterocycles. The van der Waals surface area contributed by atoms with Crippen LogP contribution in [0.1, 0.15) is 22.3 Å². The quantitative estimate of drug-likeness (QED) is 0.750. The number of alkyl halides is 3. The van der Waals surface area contributed by atoms with Gasteiger partial charge in [0.1, 0.15) is 0 Å². The Morgan fingerprint density at radius 3 is 2.52 bits per heavy atom. The van der Waals surface area contributed by atoms with E-state index in [1.807, 2.05) is 31.2 Å². The van der Waals surface area contributed by atoms with Crippen LogP contribution in [0.15, 0.2) is 48.5 Å². The van der Waals surface area contributed by atoms with Crippen molar-refractivity contribution in [3.05, 3.63) is 70.8 Å². The van der Waals surface area contributed by atoms with E-state index in [1.165, 1.54) is 12.1 Å². The van der Waals surface area contributed by atoms with Crippen molar-refractivity contribution < 1.29 is 27.5 Å². The Balaban J connectivity index is 1.74. The van der Waals surface area contributed by atoms with Gasteiger partial charge in [0, 0.05) is 6.54 Å². The molecule has 1 N–H and O–H groups in total. The maximum absolute atomic E-state index is 12.7. The molecule has 4 nitrogen and oxygen atoms in total. The average Bonchev–Trinajstić information content (AvgIpc) is 2.61. The normalized spacial score (nSPS) is 11.1. The van der Waals surface area contributed by atoms with Crippen LogP contribution in [0.25, 0.3) is 0 Å². The minimum atomic E-state index is -4.48. The number of nitrogens with one attached hydrogen (secondary N) is 1. The van der Waals surface area contributed by atoms with Crippen molar-refractivity contribution in [2.45, 2.75) is 25.9 Å². The lowest BCUT2D eigenvalue weighted by atomic mass is 10.1. The van der Waals surface area contributed by atoms with Crippen LogP contribution in [0.2, 0.25) is 0 Å². The number of amides is 1. The summed E-state index contributed by atoms with van der Waals surface area (Å²) >= 11 is 0. The lowest BCUT2D eigenvalue weighted by Gasteiger charge is -2.09. The molecule has 0 aliphatic carbocycles. The van der Waals surface area contributed by atoms with Crippen LogP contribution in [-0.2, 0) is 33.3 Å². The van der Waals surface area contributed by atoms with Crippen molar-refractivity contribution in [2.75, 3.05) is 13.2 Å². The molecule has 27 heavy (non-hydrogen) atoms. The fourth-order valence-electron chi connectivity index (χ4n) is 2.50. The zero-order valence-corrected chi connectivity index (χ0v) is 14.8. The molecule has 0 saturated heterocycles. The number of hydrogen-bond acceptors (Lipinski definition) is 3. The molecule has 7 heteroatoms. The maximum Gasteiger partial charge on any atom is 0.416 e. The van der Waals surface area contributed by atoms with Gasteiger partial charge in [-0.15, -0.1) is 0 Å². The van der Waals surface area contributed by atoms with Gasteiger partial charge in [-0.05, 0) is 36.1 Å². The standard InChI is InChI=1S/C20H20F3NO3/c1-14-5-2-3-7-16(14)9-10-24-18(25)13-27-19(26)12-15-6-4-8-17(11-15)20(21,22)23/h2-8,11H,9-10,12-13H2,1H3,(H,24,25). The number of aryl methyl sites for hydroxylation is 1. The van der Waals surface area contributed by atoms with Crippen LogP contribution < -0.4 is 5.32 Å². The van der Waals surface area contributed by atoms with Gasteiger partial charge in [0.25, 0.3) is 5.91 Å². The highest BCUT2D eigenvalue weighted by Crippen LogP contribution is 2.29. The SMILES string of the molecule is Cc1ccccc1CCNC(=O)COC(=O)Cc1cccc(C(F)(F)F)c1. The van der Waals surface area contributed by atoms with Gasteiger partial charge in [0.2, 0.25) is 0 Å². The molecule has 0 spiro atoms. The fourth-order valence-corrected chi connectivity index (χ4v) is 2.50. The monoisotopic (exact) mass is 379 g/mol. The summed E-state index contributed by atoms with van der Waals surface area (Å²) in [6.45, 7) is 1.91. The number of carbonyl (C=O) groups is 2. The van der Waals surface area contributed by atoms with E-state index in [2.05, 4.69) is 5.32 Å². The highest BCUT2D eigenvalue weighted by Gasteiger charge is 2.30. The number of rotatable bonds is 7. The first-order valence-corrected chi connectivity index (χ1v) is 8.38. The molecule has 0 fully saturated rings. The Bertz CT molecular complexity index is 803. The second-order valence-electron chi connectivity index (χ2n) is 6.06. The van der Waals surface area contributed by atoms with Crippen LogP contribution in [0.4, 0.5) is 13.2 Å². The predicted molar refractivity (Wildman–Crippen MR) is 94.0 cm³/mol. The molecule has 0 heterocycles. The van der Waals surface area contributed by atoms with Crippen molar-refractivity contribution in [3.8, 4) is 0 Å². The molecule has 0 atom stereocenters. The first-order valence-electron chi connectivity index (χ1n) is 8.38. The van der Waals surface area contributed by atoms with Crippen LogP contribution in [0.3, 0.4) is 0 Å². The van der Waals surface area contributed by atoms with Crippen LogP contribution in [0, 0.1) is 6.92 Å². The second kappa shape index (κ2) is 9.21. The summed E-state index contributed by atoms with van der Waals surface area (Å²) in [6, 6.07) is 12.2. The third kappa shape index (κ3) is 6.77. The van der Waals surface area contributed by atoms with Gasteiger partial charge in [-0.3, -0.25) is 9.59 Å². The predicted octanol–water partition coefficient (Wildman–Crippen LogP) is 3.46. The number of esters is 1. The summed E-state index contributed by atoms with van der Waals surface area (Å²) in [5.41, 5.74) is 1.58. The van der Waals surface area contributed by atoms with E-state index < -0.39 is 30.2 Å². The molecule has 2 aromatic carbocycles. The van der Waals surface area contributed by atoms with Crippen LogP contribution in [0.5, 0.6) is 0 Å². The number of carbonyl (C=O) groups excluding carboxylic acids is 2. The molecule has 2 rings (SSSR count). The molecule has 0 bridgehead atoms. The average molecular weight is 379 g/mol. The summed E-state index contributed by atoms with van der Waals surface area (Å²) in [7, 11) is 0. The van der Waals surface area contributed by atoms with Gasteiger partial charge in [-0.1, -0.05) is 42.5 Å². The second-order valence-corrected chi connectivity index (χ2v) is 6.06. The molecule has 0 unspecified atom stereocenters. The largest absolute Gasteiger partial charge is 0.455 e. The lowest BCUT2D eigenvalue weighted by Crippen LogP contribution is -2.30. The zero-order chi connectivity index (χ0) is 19.9. The maximum atomic E-state index is 12.7. The molecular formula is C20H20F3NO3. The summed E-state index contributed by atoms with van der Waals surface area (Å²) in [5.74, 6) is -1.22. The first-order chi connectivity index (χ1) is 12.8. The van der Waals surface area contributed by atoms with E-state index in [0.29, 0.717) is 13.0 Å². The Morgan fingerprint density at radius 1 is 1.07 bits per heavy atom. The number of ether oxygens (including phenoxy) is 1. The smallest absolute Gasteiger partial charge is 0.416 e. The number of hydrogen-bond donors (Lipinski definition) is 1. The molecular weight excluding hydrogens is 359 g/mol. The van der Waals surface area contributed by atoms with Crippen LogP contribution in [-0.4, -0.2) is 25.0 Å². The lowest BCUT2D eigenvalue weighted by molar-refractivity contribution is -0.148. The number of benzene rings is 2. The van der Waals surface area contributed by atoms with Gasteiger partial charge in [-0.25, -0.2) is 0 Å². The molecule has 0 saturated carbocycles. The summed E-state index contributed by atoms with van der Waals surface area (Å²) < 4.78 is 42.8. The van der Waals surface area contributed by atoms with E-state index in [0.717, 1.165) is 23.3 Å². The van der Waals surface area contributed by atoms with E-state index in [1.54, 1.807) is 0 Å². The van der Waals surface area contributed by atoms with Crippen molar-refractivity contribution >= 4 is 11.9 Å². The van der Waals surface area contributed by atoms with Crippen molar-refractivity contribution in [1.82, 2.24) is 5.32 Å². The topological polar surface area (TPSA) is 55.4 Å². The minimum absolute atomic E-state index is 0.176. The highest BCUT2D eigenvalue weighted by atomic mass is 19.4. The molecule has 0 aromatic heterocycles. The Morgan fingerprint density at radius 2 is 1.81 bits per heavy atom. The highest BCUT2D eigenvalue weighted by molar-refractivity contribution is 5.81. The Hall–Kier alpha value is -2.83. The number of halogens is 3. The van der Waals surface area contributed by atoms with E-state index in [4.69, 9.17) is 4.74 Å². The molecule has 144 valence electrons. The van der Waals surface area contributed by atoms with Crippen molar-refractivity contribution in [3.63, 3.8) is 0 Å². The molecule has 2 aromatic rings. The molecule has 1 amide bonds. The van der Waals surface area contributed by atoms with Gasteiger partial charge in [-0.2, -0.15) is 13.2 Å². The Kier molecular flexibility index (Phi) is 6.98. The van der Waals surface area contributed by atoms with Crippen LogP contribution >= 0.6 is 0 Å². The zero-order valence-electron chi connectivity index (χ0n) is 14.8. The van der Waals surface area contributed by atoms with Gasteiger partial charge >= 0.3 is 12.1 Å². The summed E-state index contributed by atoms with van der Waals surface area (Å²) in [5, 5.41) is 2.64. The van der Waals surface area contributed by atoms with E-state index in [-0.39, 0.29) is 12.0 Å². The fraction of sp³-hybridized carbons (Fsp3) is 0.300. The van der Waals surface area contributed by atoms with E-state index >= 15 is 0 Å². The first kappa shape index (κ1) is 20.5. The summed E-state index contributed by atoms with van der Waals surface area (Å²) in [4.78, 5) is 23.5. The van der Waals surface area contributed by atoms with Gasteiger partial charge in [0.05, 0.1) is 12.0 Å². The van der Waals surface area contributed by atoms with Gasteiger partial charge in [0.15, 0.2) is 6.61 Å². The third-order valence-electron chi connectivity index (χ3n) is 3.94. The van der Waals surface area contributed by atoms with Crippen molar-refractivity contribution in [1.29, 1.82) is 0 Å². The Labute approximate surface area is 155 Å². The van der Waals surface area contributed by atoms with Crippen molar-refractivity contribution in [2.24, 2.45) is 0 Å². The summed E-state index contributed by atoms with van der Waals surface area (Å²) in [6.07, 6.45) is -4.16. The van der Waals surface area contributed by atoms with Gasteiger partial charge < -0.3 is 10.1 Å². The van der Waals surface area contributed by atoms with E-state index in [9.17, 15) is 22.8 Å². The minimum Gasteiger partial charge on any atom is -0.455 e.